The number of nitrogens with zero attached hydrogens (tertiary/aromatic N) is 6. The van der Waals surface area contributed by atoms with Crippen molar-refractivity contribution in [3.05, 3.63) is 42.7 Å². The summed E-state index contributed by atoms with van der Waals surface area (Å²) in [5, 5.41) is 15.9. The van der Waals surface area contributed by atoms with E-state index in [2.05, 4.69) is 25.4 Å². The Morgan fingerprint density at radius 1 is 1.32 bits per heavy atom. The summed E-state index contributed by atoms with van der Waals surface area (Å²) < 4.78 is 7.11. The van der Waals surface area contributed by atoms with E-state index < -0.39 is 0 Å². The molecule has 3 heterocycles. The smallest absolute Gasteiger partial charge is 0.251 e. The fourth-order valence-electron chi connectivity index (χ4n) is 1.84. The molecule has 0 amide bonds. The van der Waals surface area contributed by atoms with E-state index in [1.165, 1.54) is 0 Å². The highest BCUT2D eigenvalue weighted by Crippen LogP contribution is 2.21. The molecule has 0 unspecified atom stereocenters. The summed E-state index contributed by atoms with van der Waals surface area (Å²) in [6.07, 6.45) is 6.01. The number of aromatic nitrogens is 6. The molecule has 0 saturated carbocycles. The van der Waals surface area contributed by atoms with Crippen LogP contribution in [-0.4, -0.2) is 30.1 Å². The molecule has 3 rings (SSSR count). The normalized spacial score (nSPS) is 12.5. The standard InChI is InChI=1S/C12H12N6O/c1-2-10(18-8-4-7-14-18)12-15-11(17-19-12)9-5-3-6-13-16-9/h3-8,10H,2H2,1H3/t10-/m0/s1. The van der Waals surface area contributed by atoms with E-state index in [-0.39, 0.29) is 6.04 Å². The Kier molecular flexibility index (Phi) is 3.01. The molecule has 0 radical (unpaired) electrons. The van der Waals surface area contributed by atoms with Crippen molar-refractivity contribution >= 4 is 0 Å². The number of rotatable bonds is 4. The Balaban J connectivity index is 1.93. The highest BCUT2D eigenvalue weighted by Gasteiger charge is 2.20. The van der Waals surface area contributed by atoms with Crippen LogP contribution < -0.4 is 0 Å². The predicted octanol–water partition coefficient (Wildman–Crippen LogP) is 1.72. The van der Waals surface area contributed by atoms with Gasteiger partial charge in [0.15, 0.2) is 0 Å². The fraction of sp³-hybridized carbons (Fsp3) is 0.250. The number of hydrogen-bond donors (Lipinski definition) is 0. The van der Waals surface area contributed by atoms with Crippen LogP contribution in [0.4, 0.5) is 0 Å². The van der Waals surface area contributed by atoms with Crippen LogP contribution in [0.15, 0.2) is 41.3 Å². The van der Waals surface area contributed by atoms with Gasteiger partial charge in [0.25, 0.3) is 5.89 Å². The van der Waals surface area contributed by atoms with Gasteiger partial charge in [0.05, 0.1) is 0 Å². The van der Waals surface area contributed by atoms with Gasteiger partial charge in [-0.2, -0.15) is 15.2 Å². The molecule has 19 heavy (non-hydrogen) atoms. The molecule has 0 aliphatic carbocycles. The summed E-state index contributed by atoms with van der Waals surface area (Å²) in [7, 11) is 0. The largest absolute Gasteiger partial charge is 0.337 e. The van der Waals surface area contributed by atoms with Crippen LogP contribution >= 0.6 is 0 Å². The van der Waals surface area contributed by atoms with Crippen LogP contribution in [-0.2, 0) is 0 Å². The van der Waals surface area contributed by atoms with Crippen molar-refractivity contribution in [2.45, 2.75) is 19.4 Å². The van der Waals surface area contributed by atoms with Gasteiger partial charge in [0, 0.05) is 18.6 Å². The first-order valence-corrected chi connectivity index (χ1v) is 5.99. The Morgan fingerprint density at radius 3 is 2.95 bits per heavy atom. The van der Waals surface area contributed by atoms with Crippen molar-refractivity contribution in [1.29, 1.82) is 0 Å². The van der Waals surface area contributed by atoms with Crippen LogP contribution in [0, 0.1) is 0 Å². The van der Waals surface area contributed by atoms with Gasteiger partial charge < -0.3 is 4.52 Å². The van der Waals surface area contributed by atoms with Crippen LogP contribution in [0.3, 0.4) is 0 Å². The van der Waals surface area contributed by atoms with Crippen molar-refractivity contribution in [3.63, 3.8) is 0 Å². The Bertz CT molecular complexity index is 633. The topological polar surface area (TPSA) is 82.5 Å². The van der Waals surface area contributed by atoms with Gasteiger partial charge in [-0.3, -0.25) is 4.68 Å². The van der Waals surface area contributed by atoms with Gasteiger partial charge in [-0.05, 0) is 24.6 Å². The second-order valence-electron chi connectivity index (χ2n) is 3.98. The molecule has 0 aliphatic rings. The molecule has 96 valence electrons. The summed E-state index contributed by atoms with van der Waals surface area (Å²) in [5.41, 5.74) is 0.591. The Morgan fingerprint density at radius 2 is 2.26 bits per heavy atom. The van der Waals surface area contributed by atoms with Gasteiger partial charge in [0.1, 0.15) is 11.7 Å². The van der Waals surface area contributed by atoms with E-state index in [1.54, 1.807) is 29.2 Å². The third kappa shape index (κ3) is 2.22. The second kappa shape index (κ2) is 4.97. The molecule has 3 aromatic heterocycles. The van der Waals surface area contributed by atoms with E-state index in [1.807, 2.05) is 19.2 Å². The average molecular weight is 256 g/mol. The third-order valence-corrected chi connectivity index (χ3v) is 2.76. The lowest BCUT2D eigenvalue weighted by Crippen LogP contribution is -2.10. The van der Waals surface area contributed by atoms with Gasteiger partial charge in [-0.15, -0.1) is 5.10 Å². The van der Waals surface area contributed by atoms with Crippen LogP contribution in [0.2, 0.25) is 0 Å². The maximum Gasteiger partial charge on any atom is 0.251 e. The van der Waals surface area contributed by atoms with Crippen LogP contribution in [0.1, 0.15) is 25.3 Å². The van der Waals surface area contributed by atoms with E-state index in [0.717, 1.165) is 6.42 Å². The van der Waals surface area contributed by atoms with E-state index in [4.69, 9.17) is 4.52 Å². The van der Waals surface area contributed by atoms with Crippen molar-refractivity contribution in [3.8, 4) is 11.5 Å². The summed E-state index contributed by atoms with van der Waals surface area (Å²) >= 11 is 0. The van der Waals surface area contributed by atoms with E-state index >= 15 is 0 Å². The van der Waals surface area contributed by atoms with Gasteiger partial charge >= 0.3 is 0 Å². The van der Waals surface area contributed by atoms with Crippen molar-refractivity contribution in [2.24, 2.45) is 0 Å². The molecular weight excluding hydrogens is 244 g/mol. The molecule has 3 aromatic rings. The maximum absolute atomic E-state index is 5.31. The monoisotopic (exact) mass is 256 g/mol. The van der Waals surface area contributed by atoms with Crippen LogP contribution in [0.5, 0.6) is 0 Å². The predicted molar refractivity (Wildman–Crippen MR) is 66.0 cm³/mol. The molecule has 7 nitrogen and oxygen atoms in total. The fourth-order valence-corrected chi connectivity index (χ4v) is 1.84. The Hall–Kier alpha value is -2.57. The van der Waals surface area contributed by atoms with Crippen molar-refractivity contribution in [2.75, 3.05) is 0 Å². The Labute approximate surface area is 109 Å². The van der Waals surface area contributed by atoms with Crippen molar-refractivity contribution < 1.29 is 4.52 Å². The summed E-state index contributed by atoms with van der Waals surface area (Å²) in [5.74, 6) is 0.959. The average Bonchev–Trinajstić information content (AvgIpc) is 3.12. The first-order chi connectivity index (χ1) is 9.38. The van der Waals surface area contributed by atoms with Crippen molar-refractivity contribution in [1.82, 2.24) is 30.1 Å². The number of hydrogen-bond acceptors (Lipinski definition) is 6. The second-order valence-corrected chi connectivity index (χ2v) is 3.98. The highest BCUT2D eigenvalue weighted by molar-refractivity contribution is 5.46. The molecular formula is C12H12N6O. The van der Waals surface area contributed by atoms with E-state index in [0.29, 0.717) is 17.4 Å². The van der Waals surface area contributed by atoms with Gasteiger partial charge in [-0.1, -0.05) is 12.1 Å². The minimum Gasteiger partial charge on any atom is -0.337 e. The maximum atomic E-state index is 5.31. The molecule has 0 saturated heterocycles. The highest BCUT2D eigenvalue weighted by atomic mass is 16.5. The summed E-state index contributed by atoms with van der Waals surface area (Å²) in [6.45, 7) is 2.04. The SMILES string of the molecule is CC[C@@H](c1nc(-c2cccnn2)no1)n1cccn1. The molecule has 0 fully saturated rings. The molecule has 0 bridgehead atoms. The minimum atomic E-state index is -0.0621. The van der Waals surface area contributed by atoms with Gasteiger partial charge in [-0.25, -0.2) is 0 Å². The molecule has 7 heteroatoms. The van der Waals surface area contributed by atoms with Gasteiger partial charge in [0.2, 0.25) is 5.82 Å². The third-order valence-electron chi connectivity index (χ3n) is 2.76. The lowest BCUT2D eigenvalue weighted by molar-refractivity contribution is 0.321. The molecule has 0 aromatic carbocycles. The molecule has 0 N–H and O–H groups in total. The zero-order valence-corrected chi connectivity index (χ0v) is 10.3. The summed E-state index contributed by atoms with van der Waals surface area (Å²) in [6, 6.07) is 5.37. The van der Waals surface area contributed by atoms with E-state index in [9.17, 15) is 0 Å². The summed E-state index contributed by atoms with van der Waals surface area (Å²) in [4.78, 5) is 4.37. The molecule has 0 spiro atoms. The first-order valence-electron chi connectivity index (χ1n) is 5.99. The lowest BCUT2D eigenvalue weighted by Gasteiger charge is -2.09. The van der Waals surface area contributed by atoms with Crippen LogP contribution in [0.25, 0.3) is 11.5 Å². The quantitative estimate of drug-likeness (QED) is 0.706. The first kappa shape index (κ1) is 11.5. The molecule has 0 aliphatic heterocycles. The lowest BCUT2D eigenvalue weighted by atomic mass is 10.2. The minimum absolute atomic E-state index is 0.0621. The zero-order valence-electron chi connectivity index (χ0n) is 10.3. The zero-order chi connectivity index (χ0) is 13.1. The molecule has 1 atom stereocenters.